The first-order valence-electron chi connectivity index (χ1n) is 6.47. The van der Waals surface area contributed by atoms with Gasteiger partial charge in [0.05, 0.1) is 5.02 Å². The minimum Gasteiger partial charge on any atom is -0.484 e. The first-order chi connectivity index (χ1) is 9.61. The Morgan fingerprint density at radius 1 is 1.30 bits per heavy atom. The maximum Gasteiger partial charge on any atom is 0.146 e. The summed E-state index contributed by atoms with van der Waals surface area (Å²) in [6, 6.07) is 7.30. The number of hydrogen-bond donors (Lipinski definition) is 1. The molecule has 0 saturated carbocycles. The second kappa shape index (κ2) is 7.02. The molecule has 0 aliphatic carbocycles. The normalized spacial score (nSPS) is 10.8. The molecule has 2 rings (SSSR count). The molecule has 1 aromatic heterocycles. The highest BCUT2D eigenvalue weighted by Crippen LogP contribution is 2.32. The van der Waals surface area contributed by atoms with Gasteiger partial charge in [-0.2, -0.15) is 0 Å². The molecular weight excluding hydrogens is 297 g/mol. The van der Waals surface area contributed by atoms with Crippen molar-refractivity contribution in [2.75, 3.05) is 6.54 Å². The van der Waals surface area contributed by atoms with E-state index in [-0.39, 0.29) is 0 Å². The van der Waals surface area contributed by atoms with Crippen LogP contribution in [0.15, 0.2) is 28.7 Å². The lowest BCUT2D eigenvalue weighted by atomic mass is 10.2. The number of aryl methyl sites for hydroxylation is 1. The second-order valence-electron chi connectivity index (χ2n) is 4.42. The van der Waals surface area contributed by atoms with Crippen molar-refractivity contribution >= 4 is 23.2 Å². The van der Waals surface area contributed by atoms with Crippen LogP contribution in [0.25, 0.3) is 0 Å². The van der Waals surface area contributed by atoms with Crippen LogP contribution in [0.5, 0.6) is 5.75 Å². The van der Waals surface area contributed by atoms with E-state index in [1.54, 1.807) is 18.2 Å². The predicted molar refractivity (Wildman–Crippen MR) is 81.6 cm³/mol. The topological polar surface area (TPSA) is 34.4 Å². The van der Waals surface area contributed by atoms with Crippen molar-refractivity contribution in [1.29, 1.82) is 0 Å². The third-order valence-corrected chi connectivity index (χ3v) is 3.72. The molecule has 0 spiro atoms. The van der Waals surface area contributed by atoms with E-state index < -0.39 is 0 Å². The molecule has 0 aliphatic heterocycles. The highest BCUT2D eigenvalue weighted by molar-refractivity contribution is 6.42. The van der Waals surface area contributed by atoms with Gasteiger partial charge in [-0.05, 0) is 31.7 Å². The van der Waals surface area contributed by atoms with Crippen LogP contribution in [0.2, 0.25) is 10.0 Å². The molecule has 20 heavy (non-hydrogen) atoms. The average molecular weight is 314 g/mol. The number of hydrogen-bond acceptors (Lipinski definition) is 3. The van der Waals surface area contributed by atoms with E-state index in [2.05, 4.69) is 12.2 Å². The Morgan fingerprint density at radius 2 is 2.10 bits per heavy atom. The van der Waals surface area contributed by atoms with Gasteiger partial charge < -0.3 is 14.5 Å². The van der Waals surface area contributed by atoms with Gasteiger partial charge in [0.2, 0.25) is 0 Å². The summed E-state index contributed by atoms with van der Waals surface area (Å²) in [6.45, 7) is 6.06. The van der Waals surface area contributed by atoms with Gasteiger partial charge in [0.25, 0.3) is 0 Å². The van der Waals surface area contributed by atoms with Gasteiger partial charge in [-0.25, -0.2) is 0 Å². The maximum absolute atomic E-state index is 6.07. The number of nitrogens with one attached hydrogen (secondary N) is 1. The highest BCUT2D eigenvalue weighted by atomic mass is 35.5. The summed E-state index contributed by atoms with van der Waals surface area (Å²) in [4.78, 5) is 0. The molecule has 2 aromatic rings. The van der Waals surface area contributed by atoms with Crippen molar-refractivity contribution in [1.82, 2.24) is 5.32 Å². The third-order valence-electron chi connectivity index (χ3n) is 2.92. The Hall–Kier alpha value is -1.16. The van der Waals surface area contributed by atoms with Crippen LogP contribution in [0, 0.1) is 6.92 Å². The molecule has 3 nitrogen and oxygen atoms in total. The van der Waals surface area contributed by atoms with E-state index >= 15 is 0 Å². The average Bonchev–Trinajstić information content (AvgIpc) is 2.78. The molecule has 0 amide bonds. The second-order valence-corrected chi connectivity index (χ2v) is 5.20. The van der Waals surface area contributed by atoms with Gasteiger partial charge in [0.1, 0.15) is 28.9 Å². The Labute approximate surface area is 128 Å². The molecule has 1 N–H and O–H groups in total. The van der Waals surface area contributed by atoms with Crippen LogP contribution in [-0.4, -0.2) is 6.54 Å². The van der Waals surface area contributed by atoms with Crippen molar-refractivity contribution in [3.8, 4) is 5.75 Å². The van der Waals surface area contributed by atoms with Gasteiger partial charge in [0.15, 0.2) is 0 Å². The Morgan fingerprint density at radius 3 is 2.85 bits per heavy atom. The predicted octanol–water partition coefficient (Wildman–Crippen LogP) is 4.58. The molecule has 0 unspecified atom stereocenters. The van der Waals surface area contributed by atoms with Crippen LogP contribution in [0.4, 0.5) is 0 Å². The van der Waals surface area contributed by atoms with Crippen molar-refractivity contribution < 1.29 is 9.15 Å². The quantitative estimate of drug-likeness (QED) is 0.847. The lowest BCUT2D eigenvalue weighted by molar-refractivity contribution is 0.267. The summed E-state index contributed by atoms with van der Waals surface area (Å²) in [7, 11) is 0. The Bertz CT molecular complexity index is 581. The van der Waals surface area contributed by atoms with Crippen LogP contribution in [0.3, 0.4) is 0 Å². The van der Waals surface area contributed by atoms with E-state index in [1.165, 1.54) is 0 Å². The summed E-state index contributed by atoms with van der Waals surface area (Å²) in [5.74, 6) is 2.23. The van der Waals surface area contributed by atoms with Crippen molar-refractivity contribution in [3.63, 3.8) is 0 Å². The monoisotopic (exact) mass is 313 g/mol. The fourth-order valence-corrected chi connectivity index (χ4v) is 2.18. The van der Waals surface area contributed by atoms with Gasteiger partial charge >= 0.3 is 0 Å². The van der Waals surface area contributed by atoms with Crippen molar-refractivity contribution in [2.45, 2.75) is 27.0 Å². The summed E-state index contributed by atoms with van der Waals surface area (Å²) < 4.78 is 11.3. The Kier molecular flexibility index (Phi) is 5.35. The zero-order valence-electron chi connectivity index (χ0n) is 11.5. The smallest absolute Gasteiger partial charge is 0.146 e. The number of halogens is 2. The van der Waals surface area contributed by atoms with E-state index in [4.69, 9.17) is 32.4 Å². The summed E-state index contributed by atoms with van der Waals surface area (Å²) >= 11 is 12.0. The molecule has 1 heterocycles. The van der Waals surface area contributed by atoms with E-state index in [1.807, 2.05) is 13.0 Å². The molecule has 5 heteroatoms. The summed E-state index contributed by atoms with van der Waals surface area (Å²) in [6.07, 6.45) is 0. The number of benzene rings is 1. The van der Waals surface area contributed by atoms with Crippen molar-refractivity contribution in [2.24, 2.45) is 0 Å². The van der Waals surface area contributed by atoms with E-state index in [0.29, 0.717) is 22.4 Å². The van der Waals surface area contributed by atoms with Gasteiger partial charge in [-0.15, -0.1) is 0 Å². The highest BCUT2D eigenvalue weighted by Gasteiger charge is 2.10. The van der Waals surface area contributed by atoms with Crippen LogP contribution in [-0.2, 0) is 13.2 Å². The van der Waals surface area contributed by atoms with E-state index in [0.717, 1.165) is 30.2 Å². The Balaban J connectivity index is 2.02. The maximum atomic E-state index is 6.07. The van der Waals surface area contributed by atoms with Gasteiger partial charge in [-0.1, -0.05) is 36.2 Å². The van der Waals surface area contributed by atoms with Gasteiger partial charge in [0, 0.05) is 12.1 Å². The molecule has 1 aromatic carbocycles. The fourth-order valence-electron chi connectivity index (χ4n) is 1.84. The largest absolute Gasteiger partial charge is 0.484 e. The molecule has 0 bridgehead atoms. The number of rotatable bonds is 6. The molecule has 108 valence electrons. The summed E-state index contributed by atoms with van der Waals surface area (Å²) in [5.41, 5.74) is 1.14. The molecular formula is C15H17Cl2NO2. The minimum absolute atomic E-state index is 0.326. The van der Waals surface area contributed by atoms with E-state index in [9.17, 15) is 0 Å². The molecule has 0 radical (unpaired) electrons. The lowest BCUT2D eigenvalue weighted by Crippen LogP contribution is -2.11. The molecule has 0 aliphatic rings. The van der Waals surface area contributed by atoms with Gasteiger partial charge in [-0.3, -0.25) is 0 Å². The molecule has 0 saturated heterocycles. The van der Waals surface area contributed by atoms with Crippen LogP contribution >= 0.6 is 23.2 Å². The standard InChI is InChI=1S/C15H17Cl2NO2/c1-3-18-8-11-7-12(20-10(11)2)9-19-14-6-4-5-13(16)15(14)17/h4-7,18H,3,8-9H2,1-2H3. The lowest BCUT2D eigenvalue weighted by Gasteiger charge is -2.06. The zero-order valence-corrected chi connectivity index (χ0v) is 13.0. The number of furan rings is 1. The minimum atomic E-state index is 0.326. The van der Waals surface area contributed by atoms with Crippen LogP contribution < -0.4 is 10.1 Å². The van der Waals surface area contributed by atoms with Crippen molar-refractivity contribution in [3.05, 3.63) is 51.4 Å². The first-order valence-corrected chi connectivity index (χ1v) is 7.23. The summed E-state index contributed by atoms with van der Waals surface area (Å²) in [5, 5.41) is 4.17. The fraction of sp³-hybridized carbons (Fsp3) is 0.333. The SMILES string of the molecule is CCNCc1cc(COc2cccc(Cl)c2Cl)oc1C. The van der Waals surface area contributed by atoms with Crippen LogP contribution in [0.1, 0.15) is 24.0 Å². The molecule has 0 fully saturated rings. The third kappa shape index (κ3) is 3.69. The first kappa shape index (κ1) is 15.2. The molecule has 0 atom stereocenters. The zero-order chi connectivity index (χ0) is 14.5. The number of ether oxygens (including phenoxy) is 1.